The van der Waals surface area contributed by atoms with Crippen LogP contribution in [0.5, 0.6) is 0 Å². The molecule has 0 saturated carbocycles. The molecule has 2 amide bonds. The number of aliphatic hydroxyl groups is 1. The third kappa shape index (κ3) is 5.91. The minimum Gasteiger partial charge on any atom is -0.445 e. The molecule has 1 aliphatic rings. The Balaban J connectivity index is 1.94. The van der Waals surface area contributed by atoms with Crippen LogP contribution in [0.25, 0.3) is 0 Å². The number of ether oxygens (including phenoxy) is 2. The molecule has 0 spiro atoms. The average molecular weight is 364 g/mol. The summed E-state index contributed by atoms with van der Waals surface area (Å²) < 4.78 is 10.8. The van der Waals surface area contributed by atoms with Crippen LogP contribution < -0.4 is 0 Å². The summed E-state index contributed by atoms with van der Waals surface area (Å²) in [7, 11) is 0. The predicted octanol–water partition coefficient (Wildman–Crippen LogP) is 2.63. The molecule has 1 N–H and O–H groups in total. The van der Waals surface area contributed by atoms with Crippen LogP contribution in [0.15, 0.2) is 30.3 Å². The highest BCUT2D eigenvalue weighted by molar-refractivity contribution is 5.71. The van der Waals surface area contributed by atoms with E-state index in [-0.39, 0.29) is 19.3 Å². The van der Waals surface area contributed by atoms with Crippen molar-refractivity contribution in [3.8, 4) is 0 Å². The molecule has 0 unspecified atom stereocenters. The smallest absolute Gasteiger partial charge is 0.410 e. The Kier molecular flexibility index (Phi) is 6.85. The quantitative estimate of drug-likeness (QED) is 0.888. The highest BCUT2D eigenvalue weighted by Crippen LogP contribution is 2.18. The Morgan fingerprint density at radius 3 is 2.46 bits per heavy atom. The van der Waals surface area contributed by atoms with Gasteiger partial charge in [0, 0.05) is 26.2 Å². The molecule has 0 bridgehead atoms. The lowest BCUT2D eigenvalue weighted by Gasteiger charge is -2.40. The van der Waals surface area contributed by atoms with E-state index in [9.17, 15) is 14.7 Å². The van der Waals surface area contributed by atoms with Crippen LogP contribution in [-0.4, -0.2) is 65.0 Å². The van der Waals surface area contributed by atoms with Crippen molar-refractivity contribution in [2.45, 2.75) is 45.4 Å². The van der Waals surface area contributed by atoms with Gasteiger partial charge < -0.3 is 24.4 Å². The van der Waals surface area contributed by atoms with Crippen molar-refractivity contribution >= 4 is 12.2 Å². The number of amides is 2. The van der Waals surface area contributed by atoms with E-state index < -0.39 is 17.8 Å². The van der Waals surface area contributed by atoms with Crippen LogP contribution in [0, 0.1) is 0 Å². The van der Waals surface area contributed by atoms with Gasteiger partial charge in [0.25, 0.3) is 0 Å². The summed E-state index contributed by atoms with van der Waals surface area (Å²) in [4.78, 5) is 27.9. The first kappa shape index (κ1) is 20.0. The number of benzene rings is 1. The van der Waals surface area contributed by atoms with E-state index in [4.69, 9.17) is 9.47 Å². The van der Waals surface area contributed by atoms with Gasteiger partial charge in [-0.1, -0.05) is 30.3 Å². The number of hydrogen-bond donors (Lipinski definition) is 1. The number of rotatable bonds is 4. The molecule has 0 radical (unpaired) electrons. The molecular formula is C19H28N2O5. The first-order valence-corrected chi connectivity index (χ1v) is 8.86. The van der Waals surface area contributed by atoms with Crippen LogP contribution in [0.3, 0.4) is 0 Å². The predicted molar refractivity (Wildman–Crippen MR) is 96.6 cm³/mol. The zero-order valence-electron chi connectivity index (χ0n) is 15.7. The number of carbonyl (C=O) groups excluding carboxylic acids is 2. The largest absolute Gasteiger partial charge is 0.445 e. The Morgan fingerprint density at radius 2 is 1.85 bits per heavy atom. The second-order valence-electron chi connectivity index (χ2n) is 7.33. The van der Waals surface area contributed by atoms with Gasteiger partial charge >= 0.3 is 12.2 Å². The van der Waals surface area contributed by atoms with E-state index in [1.165, 1.54) is 0 Å². The van der Waals surface area contributed by atoms with Crippen LogP contribution in [-0.2, 0) is 16.1 Å². The maximum Gasteiger partial charge on any atom is 0.410 e. The van der Waals surface area contributed by atoms with Crippen molar-refractivity contribution in [1.29, 1.82) is 0 Å². The van der Waals surface area contributed by atoms with Crippen LogP contribution >= 0.6 is 0 Å². The van der Waals surface area contributed by atoms with Gasteiger partial charge in [-0.15, -0.1) is 0 Å². The molecule has 7 heteroatoms. The van der Waals surface area contributed by atoms with E-state index in [1.807, 2.05) is 51.1 Å². The molecule has 0 aromatic heterocycles. The zero-order chi connectivity index (χ0) is 19.2. The molecular weight excluding hydrogens is 336 g/mol. The molecule has 7 nitrogen and oxygen atoms in total. The zero-order valence-corrected chi connectivity index (χ0v) is 15.7. The lowest BCUT2D eigenvalue weighted by atomic mass is 10.1. The maximum atomic E-state index is 12.4. The third-order valence-corrected chi connectivity index (χ3v) is 4.04. The molecule has 1 atom stereocenters. The molecule has 1 aliphatic heterocycles. The van der Waals surface area contributed by atoms with Crippen molar-refractivity contribution in [2.24, 2.45) is 0 Å². The van der Waals surface area contributed by atoms with E-state index in [1.54, 1.807) is 9.80 Å². The molecule has 144 valence electrons. The monoisotopic (exact) mass is 364 g/mol. The molecule has 1 aromatic carbocycles. The van der Waals surface area contributed by atoms with Gasteiger partial charge in [-0.25, -0.2) is 9.59 Å². The first-order valence-electron chi connectivity index (χ1n) is 8.86. The summed E-state index contributed by atoms with van der Waals surface area (Å²) in [5.74, 6) is 0. The third-order valence-electron chi connectivity index (χ3n) is 4.04. The Labute approximate surface area is 154 Å². The molecule has 1 saturated heterocycles. The number of piperazine rings is 1. The van der Waals surface area contributed by atoms with Gasteiger partial charge in [0.15, 0.2) is 0 Å². The van der Waals surface area contributed by atoms with Crippen molar-refractivity contribution in [2.75, 3.05) is 26.2 Å². The summed E-state index contributed by atoms with van der Waals surface area (Å²) in [6.45, 7) is 6.59. The SMILES string of the molecule is CC(C)(C)OC(=O)N1CCN(C(=O)OCc2ccccc2)[C@@H](CCO)C1. The van der Waals surface area contributed by atoms with Crippen molar-refractivity contribution in [3.63, 3.8) is 0 Å². The molecule has 2 rings (SSSR count). The molecule has 26 heavy (non-hydrogen) atoms. The normalized spacial score (nSPS) is 17.8. The number of carbonyl (C=O) groups is 2. The second-order valence-corrected chi connectivity index (χ2v) is 7.33. The highest BCUT2D eigenvalue weighted by atomic mass is 16.6. The van der Waals surface area contributed by atoms with Gasteiger partial charge in [0.05, 0.1) is 6.04 Å². The summed E-state index contributed by atoms with van der Waals surface area (Å²) in [5, 5.41) is 9.32. The fourth-order valence-electron chi connectivity index (χ4n) is 2.79. The molecule has 1 heterocycles. The fraction of sp³-hybridized carbons (Fsp3) is 0.579. The van der Waals surface area contributed by atoms with Crippen LogP contribution in [0.1, 0.15) is 32.8 Å². The highest BCUT2D eigenvalue weighted by Gasteiger charge is 2.34. The van der Waals surface area contributed by atoms with E-state index in [0.29, 0.717) is 26.1 Å². The Hall–Kier alpha value is -2.28. The summed E-state index contributed by atoms with van der Waals surface area (Å²) in [6.07, 6.45) is -0.464. The Bertz CT molecular complexity index is 600. The van der Waals surface area contributed by atoms with E-state index in [2.05, 4.69) is 0 Å². The van der Waals surface area contributed by atoms with Crippen LogP contribution in [0.4, 0.5) is 9.59 Å². The molecule has 0 aliphatic carbocycles. The number of nitrogens with zero attached hydrogens (tertiary/aromatic N) is 2. The molecule has 1 aromatic rings. The first-order chi connectivity index (χ1) is 12.3. The van der Waals surface area contributed by atoms with E-state index in [0.717, 1.165) is 5.56 Å². The van der Waals surface area contributed by atoms with Crippen molar-refractivity contribution in [3.05, 3.63) is 35.9 Å². The minimum absolute atomic E-state index is 0.0741. The number of hydrogen-bond acceptors (Lipinski definition) is 5. The van der Waals surface area contributed by atoms with Gasteiger partial charge in [-0.05, 0) is 32.8 Å². The lowest BCUT2D eigenvalue weighted by molar-refractivity contribution is -0.00182. The van der Waals surface area contributed by atoms with Gasteiger partial charge in [-0.2, -0.15) is 0 Å². The van der Waals surface area contributed by atoms with E-state index >= 15 is 0 Å². The van der Waals surface area contributed by atoms with Crippen LogP contribution in [0.2, 0.25) is 0 Å². The summed E-state index contributed by atoms with van der Waals surface area (Å²) in [5.41, 5.74) is 0.335. The van der Waals surface area contributed by atoms with Gasteiger partial charge in [0.2, 0.25) is 0 Å². The van der Waals surface area contributed by atoms with Crippen molar-refractivity contribution in [1.82, 2.24) is 9.80 Å². The topological polar surface area (TPSA) is 79.3 Å². The average Bonchev–Trinajstić information content (AvgIpc) is 2.59. The Morgan fingerprint density at radius 1 is 1.15 bits per heavy atom. The summed E-state index contributed by atoms with van der Waals surface area (Å²) >= 11 is 0. The van der Waals surface area contributed by atoms with Gasteiger partial charge in [0.1, 0.15) is 12.2 Å². The standard InChI is InChI=1S/C19H28N2O5/c1-19(2,3)26-17(23)20-10-11-21(16(13-20)9-12-22)18(24)25-14-15-7-5-4-6-8-15/h4-8,16,22H,9-14H2,1-3H3/t16-/m0/s1. The minimum atomic E-state index is -0.574. The summed E-state index contributed by atoms with van der Waals surface area (Å²) in [6, 6.07) is 9.15. The molecule has 1 fully saturated rings. The maximum absolute atomic E-state index is 12.4. The van der Waals surface area contributed by atoms with Gasteiger partial charge in [-0.3, -0.25) is 0 Å². The number of aliphatic hydroxyl groups excluding tert-OH is 1. The van der Waals surface area contributed by atoms with Crippen molar-refractivity contribution < 1.29 is 24.2 Å². The lowest BCUT2D eigenvalue weighted by Crippen LogP contribution is -2.57. The second kappa shape index (κ2) is 8.89. The fourth-order valence-corrected chi connectivity index (χ4v) is 2.79.